The largest absolute Gasteiger partial charge is 0.256 e. The van der Waals surface area contributed by atoms with Gasteiger partial charge in [-0.05, 0) is 51.4 Å². The average Bonchev–Trinajstić information content (AvgIpc) is 2.89. The third-order valence-corrected chi connectivity index (χ3v) is 7.19. The van der Waals surface area contributed by atoms with Gasteiger partial charge in [0.05, 0.1) is 5.69 Å². The quantitative estimate of drug-likeness (QED) is 0.154. The summed E-state index contributed by atoms with van der Waals surface area (Å²) in [6.45, 7) is 2.29. The molecule has 0 N–H and O–H groups in total. The lowest BCUT2D eigenvalue weighted by atomic mass is 9.94. The van der Waals surface area contributed by atoms with Crippen molar-refractivity contribution in [1.29, 1.82) is 0 Å². The highest BCUT2D eigenvalue weighted by molar-refractivity contribution is 6.18. The normalized spacial score (nSPS) is 11.6. The van der Waals surface area contributed by atoms with Gasteiger partial charge in [0.2, 0.25) is 0 Å². The molecule has 0 spiro atoms. The van der Waals surface area contributed by atoms with Crippen molar-refractivity contribution in [2.75, 3.05) is 0 Å². The van der Waals surface area contributed by atoms with Crippen LogP contribution in [0.15, 0.2) is 85.1 Å². The Kier molecular flexibility index (Phi) is 7.19. The van der Waals surface area contributed by atoms with Gasteiger partial charge in [0.1, 0.15) is 0 Å². The predicted octanol–water partition coefficient (Wildman–Crippen LogP) is 9.89. The van der Waals surface area contributed by atoms with Crippen molar-refractivity contribution in [2.24, 2.45) is 0 Å². The van der Waals surface area contributed by atoms with Crippen LogP contribution < -0.4 is 0 Å². The zero-order chi connectivity index (χ0) is 23.2. The molecule has 5 aromatic rings. The Bertz CT molecular complexity index is 1380. The summed E-state index contributed by atoms with van der Waals surface area (Å²) in [6.07, 6.45) is 14.1. The van der Waals surface area contributed by atoms with Crippen LogP contribution in [0.4, 0.5) is 0 Å². The van der Waals surface area contributed by atoms with Gasteiger partial charge in [-0.3, -0.25) is 4.98 Å². The van der Waals surface area contributed by atoms with Crippen LogP contribution in [-0.4, -0.2) is 4.98 Å². The molecule has 5 rings (SSSR count). The number of aromatic nitrogens is 1. The van der Waals surface area contributed by atoms with Gasteiger partial charge in [-0.1, -0.05) is 125 Å². The van der Waals surface area contributed by atoms with E-state index in [1.54, 1.807) is 0 Å². The molecule has 1 heteroatoms. The number of benzene rings is 4. The standard InChI is InChI=1S/C33H35N/c1-2-3-4-5-6-7-8-10-13-25-16-18-28-27(24-25)17-19-30-29(28)20-21-32-31(30)22-23-34-33(32)26-14-11-9-12-15-26/h9,11-12,14-24H,2-8,10,13H2,1H3. The molecule has 0 aliphatic heterocycles. The molecule has 34 heavy (non-hydrogen) atoms. The second-order valence-electron chi connectivity index (χ2n) is 9.63. The van der Waals surface area contributed by atoms with Crippen LogP contribution >= 0.6 is 0 Å². The summed E-state index contributed by atoms with van der Waals surface area (Å²) in [6, 6.07) is 28.9. The first-order chi connectivity index (χ1) is 16.8. The summed E-state index contributed by atoms with van der Waals surface area (Å²) < 4.78 is 0. The van der Waals surface area contributed by atoms with E-state index >= 15 is 0 Å². The van der Waals surface area contributed by atoms with Gasteiger partial charge in [0.15, 0.2) is 0 Å². The molecule has 0 atom stereocenters. The molecule has 0 amide bonds. The number of fused-ring (bicyclic) bond motifs is 5. The van der Waals surface area contributed by atoms with E-state index in [-0.39, 0.29) is 0 Å². The molecule has 0 unspecified atom stereocenters. The number of rotatable bonds is 10. The van der Waals surface area contributed by atoms with Crippen molar-refractivity contribution < 1.29 is 0 Å². The maximum absolute atomic E-state index is 4.72. The van der Waals surface area contributed by atoms with Crippen LogP contribution in [-0.2, 0) is 6.42 Å². The van der Waals surface area contributed by atoms with Gasteiger partial charge in [-0.2, -0.15) is 0 Å². The summed E-state index contributed by atoms with van der Waals surface area (Å²) >= 11 is 0. The average molecular weight is 446 g/mol. The van der Waals surface area contributed by atoms with Crippen LogP contribution in [0.5, 0.6) is 0 Å². The van der Waals surface area contributed by atoms with Crippen LogP contribution in [0.1, 0.15) is 63.9 Å². The molecular formula is C33H35N. The zero-order valence-corrected chi connectivity index (χ0v) is 20.4. The minimum absolute atomic E-state index is 1.06. The molecule has 0 bridgehead atoms. The number of hydrogen-bond donors (Lipinski definition) is 0. The number of nitrogens with zero attached hydrogens (tertiary/aromatic N) is 1. The zero-order valence-electron chi connectivity index (χ0n) is 20.4. The van der Waals surface area contributed by atoms with Gasteiger partial charge in [-0.15, -0.1) is 0 Å². The first kappa shape index (κ1) is 22.6. The van der Waals surface area contributed by atoms with Crippen molar-refractivity contribution in [3.63, 3.8) is 0 Å². The monoisotopic (exact) mass is 445 g/mol. The van der Waals surface area contributed by atoms with Crippen molar-refractivity contribution in [3.8, 4) is 11.3 Å². The molecule has 0 saturated carbocycles. The van der Waals surface area contributed by atoms with E-state index in [2.05, 4.69) is 85.8 Å². The van der Waals surface area contributed by atoms with Gasteiger partial charge >= 0.3 is 0 Å². The third-order valence-electron chi connectivity index (χ3n) is 7.19. The Morgan fingerprint density at radius 1 is 0.559 bits per heavy atom. The fourth-order valence-electron chi connectivity index (χ4n) is 5.31. The fraction of sp³-hybridized carbons (Fsp3) is 0.303. The van der Waals surface area contributed by atoms with Crippen molar-refractivity contribution >= 4 is 32.3 Å². The van der Waals surface area contributed by atoms with Gasteiger partial charge < -0.3 is 0 Å². The second kappa shape index (κ2) is 10.8. The molecule has 0 radical (unpaired) electrons. The van der Waals surface area contributed by atoms with E-state index in [4.69, 9.17) is 4.98 Å². The van der Waals surface area contributed by atoms with Crippen LogP contribution in [0.2, 0.25) is 0 Å². The molecule has 0 aliphatic carbocycles. The Labute approximate surface area is 203 Å². The predicted molar refractivity (Wildman–Crippen MR) is 149 cm³/mol. The maximum atomic E-state index is 4.72. The fourth-order valence-corrected chi connectivity index (χ4v) is 5.31. The number of unbranched alkanes of at least 4 members (excludes halogenated alkanes) is 7. The van der Waals surface area contributed by atoms with E-state index in [9.17, 15) is 0 Å². The summed E-state index contributed by atoms with van der Waals surface area (Å²) in [5.41, 5.74) is 3.69. The van der Waals surface area contributed by atoms with Gasteiger partial charge in [0, 0.05) is 17.1 Å². The van der Waals surface area contributed by atoms with Crippen LogP contribution in [0, 0.1) is 0 Å². The van der Waals surface area contributed by atoms with Crippen LogP contribution in [0.3, 0.4) is 0 Å². The highest BCUT2D eigenvalue weighted by Gasteiger charge is 2.10. The van der Waals surface area contributed by atoms with Crippen LogP contribution in [0.25, 0.3) is 43.6 Å². The molecule has 1 nitrogen and oxygen atoms in total. The number of pyridine rings is 1. The molecule has 0 aliphatic rings. The Morgan fingerprint density at radius 2 is 1.21 bits per heavy atom. The molecule has 0 fully saturated rings. The Morgan fingerprint density at radius 3 is 2.03 bits per heavy atom. The minimum atomic E-state index is 1.06. The summed E-state index contributed by atoms with van der Waals surface area (Å²) in [5.74, 6) is 0. The second-order valence-corrected chi connectivity index (χ2v) is 9.63. The van der Waals surface area contributed by atoms with E-state index < -0.39 is 0 Å². The topological polar surface area (TPSA) is 12.9 Å². The summed E-state index contributed by atoms with van der Waals surface area (Å²) in [7, 11) is 0. The third kappa shape index (κ3) is 4.85. The molecule has 1 aromatic heterocycles. The van der Waals surface area contributed by atoms with Crippen molar-refractivity contribution in [3.05, 3.63) is 90.6 Å². The highest BCUT2D eigenvalue weighted by atomic mass is 14.7. The maximum Gasteiger partial charge on any atom is 0.0780 e. The van der Waals surface area contributed by atoms with Gasteiger partial charge in [0.25, 0.3) is 0 Å². The van der Waals surface area contributed by atoms with E-state index in [0.717, 1.165) is 5.69 Å². The van der Waals surface area contributed by atoms with E-state index in [1.807, 2.05) is 6.20 Å². The highest BCUT2D eigenvalue weighted by Crippen LogP contribution is 2.35. The first-order valence-electron chi connectivity index (χ1n) is 13.1. The number of aryl methyl sites for hydroxylation is 1. The first-order valence-corrected chi connectivity index (χ1v) is 13.1. The van der Waals surface area contributed by atoms with Crippen molar-refractivity contribution in [1.82, 2.24) is 4.98 Å². The Balaban J connectivity index is 1.37. The molecule has 0 saturated heterocycles. The summed E-state index contributed by atoms with van der Waals surface area (Å²) in [5, 5.41) is 7.82. The lowest BCUT2D eigenvalue weighted by Crippen LogP contribution is -1.89. The van der Waals surface area contributed by atoms with E-state index in [1.165, 1.54) is 101 Å². The lowest BCUT2D eigenvalue weighted by Gasteiger charge is -2.11. The molecule has 4 aromatic carbocycles. The van der Waals surface area contributed by atoms with E-state index in [0.29, 0.717) is 0 Å². The lowest BCUT2D eigenvalue weighted by molar-refractivity contribution is 0.575. The SMILES string of the molecule is CCCCCCCCCCc1ccc2c(ccc3c4ccnc(-c5ccccc5)c4ccc23)c1. The van der Waals surface area contributed by atoms with Gasteiger partial charge in [-0.25, -0.2) is 0 Å². The summed E-state index contributed by atoms with van der Waals surface area (Å²) in [4.78, 5) is 4.72. The smallest absolute Gasteiger partial charge is 0.0780 e. The van der Waals surface area contributed by atoms with Crippen molar-refractivity contribution in [2.45, 2.75) is 64.7 Å². The molecular weight excluding hydrogens is 410 g/mol. The minimum Gasteiger partial charge on any atom is -0.256 e. The molecule has 1 heterocycles. The number of hydrogen-bond acceptors (Lipinski definition) is 1. The molecule has 172 valence electrons. The Hall–Kier alpha value is -3.19.